The van der Waals surface area contributed by atoms with Gasteiger partial charge in [0.2, 0.25) is 0 Å². The molecule has 1 aromatic heterocycles. The average molecular weight is 399 g/mol. The van der Waals surface area contributed by atoms with Gasteiger partial charge in [-0.25, -0.2) is 17.1 Å². The van der Waals surface area contributed by atoms with Gasteiger partial charge >= 0.3 is 0 Å². The maximum atomic E-state index is 13.3. The molecule has 6 nitrogen and oxygen atoms in total. The third kappa shape index (κ3) is 5.03. The molecule has 1 N–H and O–H groups in total. The van der Waals surface area contributed by atoms with E-state index in [2.05, 4.69) is 10.3 Å². The lowest BCUT2D eigenvalue weighted by Crippen LogP contribution is -2.37. The van der Waals surface area contributed by atoms with Crippen molar-refractivity contribution < 1.29 is 12.8 Å². The van der Waals surface area contributed by atoms with Crippen LogP contribution in [0.15, 0.2) is 45.6 Å². The highest BCUT2D eigenvalue weighted by Crippen LogP contribution is 2.23. The maximum absolute atomic E-state index is 13.3. The summed E-state index contributed by atoms with van der Waals surface area (Å²) in [7, 11) is 3.13. The average Bonchev–Trinajstić information content (AvgIpc) is 3.05. The zero-order valence-electron chi connectivity index (χ0n) is 15.2. The van der Waals surface area contributed by atoms with E-state index in [1.54, 1.807) is 25.2 Å². The molecule has 0 atom stereocenters. The molecule has 0 unspecified atom stereocenters. The molecule has 0 bridgehead atoms. The number of halogens is 1. The molecule has 1 aromatic carbocycles. The summed E-state index contributed by atoms with van der Waals surface area (Å²) in [6.07, 6.45) is 0. The molecule has 2 aromatic rings. The lowest BCUT2D eigenvalue weighted by molar-refractivity contribution is 0.475. The van der Waals surface area contributed by atoms with E-state index in [4.69, 9.17) is 0 Å². The van der Waals surface area contributed by atoms with Crippen molar-refractivity contribution in [2.24, 2.45) is 4.99 Å². The second-order valence-corrected chi connectivity index (χ2v) is 9.44. The summed E-state index contributed by atoms with van der Waals surface area (Å²) in [4.78, 5) is 6.98. The largest absolute Gasteiger partial charge is 0.351 e. The Bertz CT molecular complexity index is 878. The van der Waals surface area contributed by atoms with E-state index in [-0.39, 0.29) is 5.82 Å². The minimum Gasteiger partial charge on any atom is -0.351 e. The van der Waals surface area contributed by atoms with Crippen LogP contribution >= 0.6 is 11.3 Å². The van der Waals surface area contributed by atoms with Gasteiger partial charge in [0.25, 0.3) is 10.0 Å². The predicted octanol–water partition coefficient (Wildman–Crippen LogP) is 2.34. The van der Waals surface area contributed by atoms with Gasteiger partial charge in [0.1, 0.15) is 10.0 Å². The van der Waals surface area contributed by atoms with Gasteiger partial charge in [0.05, 0.1) is 6.54 Å². The molecule has 2 rings (SSSR count). The van der Waals surface area contributed by atoms with E-state index in [0.717, 1.165) is 10.4 Å². The topological polar surface area (TPSA) is 65.0 Å². The fourth-order valence-electron chi connectivity index (χ4n) is 2.31. The summed E-state index contributed by atoms with van der Waals surface area (Å²) in [5.41, 5.74) is 0.839. The van der Waals surface area contributed by atoms with Gasteiger partial charge in [0, 0.05) is 39.6 Å². The van der Waals surface area contributed by atoms with E-state index in [1.807, 2.05) is 18.0 Å². The molecule has 0 aliphatic heterocycles. The fraction of sp³-hybridized carbons (Fsp3) is 0.353. The number of guanidine groups is 1. The minimum absolute atomic E-state index is 0.271. The van der Waals surface area contributed by atoms with Crippen LogP contribution in [0.3, 0.4) is 0 Å². The standard InChI is InChI=1S/C17H23FN4O2S2/c1-19-17(22(4)12-13-6-5-7-14(18)10-13)20-11-15-8-9-16(25-15)26(23,24)21(2)3/h5-10H,11-12H2,1-4H3,(H,19,20). The number of aliphatic imine (C=N–C) groups is 1. The summed E-state index contributed by atoms with van der Waals surface area (Å²) >= 11 is 1.22. The molecular weight excluding hydrogens is 375 g/mol. The summed E-state index contributed by atoms with van der Waals surface area (Å²) in [6.45, 7) is 0.954. The first-order valence-electron chi connectivity index (χ1n) is 7.91. The first kappa shape index (κ1) is 20.3. The highest BCUT2D eigenvalue weighted by Gasteiger charge is 2.19. The van der Waals surface area contributed by atoms with Crippen LogP contribution in [0.4, 0.5) is 4.39 Å². The summed E-state index contributed by atoms with van der Waals surface area (Å²) in [6, 6.07) is 9.82. The Morgan fingerprint density at radius 3 is 2.58 bits per heavy atom. The van der Waals surface area contributed by atoms with Gasteiger partial charge in [-0.15, -0.1) is 11.3 Å². The molecule has 0 aliphatic rings. The lowest BCUT2D eigenvalue weighted by atomic mass is 10.2. The molecule has 0 fully saturated rings. The molecule has 0 radical (unpaired) electrons. The molecule has 26 heavy (non-hydrogen) atoms. The number of nitrogens with zero attached hydrogens (tertiary/aromatic N) is 3. The molecule has 9 heteroatoms. The Morgan fingerprint density at radius 2 is 1.96 bits per heavy atom. The molecule has 1 heterocycles. The monoisotopic (exact) mass is 398 g/mol. The van der Waals surface area contributed by atoms with Gasteiger partial charge in [-0.1, -0.05) is 12.1 Å². The van der Waals surface area contributed by atoms with Crippen molar-refractivity contribution in [1.29, 1.82) is 0 Å². The zero-order chi connectivity index (χ0) is 19.3. The van der Waals surface area contributed by atoms with Crippen molar-refractivity contribution in [2.75, 3.05) is 28.2 Å². The number of hydrogen-bond donors (Lipinski definition) is 1. The van der Waals surface area contributed by atoms with Crippen molar-refractivity contribution in [3.63, 3.8) is 0 Å². The van der Waals surface area contributed by atoms with Crippen LogP contribution < -0.4 is 5.32 Å². The van der Waals surface area contributed by atoms with Crippen LogP contribution in [0, 0.1) is 5.82 Å². The molecule has 0 saturated heterocycles. The predicted molar refractivity (Wildman–Crippen MR) is 103 cm³/mol. The van der Waals surface area contributed by atoms with Gasteiger partial charge in [-0.2, -0.15) is 0 Å². The van der Waals surface area contributed by atoms with Crippen LogP contribution in [0.2, 0.25) is 0 Å². The smallest absolute Gasteiger partial charge is 0.252 e. The fourth-order valence-corrected chi connectivity index (χ4v) is 4.77. The van der Waals surface area contributed by atoms with E-state index in [9.17, 15) is 12.8 Å². The summed E-state index contributed by atoms with van der Waals surface area (Å²) in [5, 5.41) is 3.20. The van der Waals surface area contributed by atoms with Crippen LogP contribution in [0.25, 0.3) is 0 Å². The van der Waals surface area contributed by atoms with Gasteiger partial charge in [0.15, 0.2) is 5.96 Å². The molecule has 0 amide bonds. The van der Waals surface area contributed by atoms with Crippen LogP contribution in [-0.2, 0) is 23.1 Å². The minimum atomic E-state index is -3.41. The van der Waals surface area contributed by atoms with Crippen molar-refractivity contribution in [2.45, 2.75) is 17.3 Å². The van der Waals surface area contributed by atoms with Gasteiger partial charge in [-0.05, 0) is 29.8 Å². The van der Waals surface area contributed by atoms with Crippen LogP contribution in [-0.4, -0.2) is 51.8 Å². The van der Waals surface area contributed by atoms with E-state index in [1.165, 1.54) is 41.9 Å². The van der Waals surface area contributed by atoms with E-state index in [0.29, 0.717) is 23.3 Å². The van der Waals surface area contributed by atoms with Crippen molar-refractivity contribution in [1.82, 2.24) is 14.5 Å². The van der Waals surface area contributed by atoms with Crippen molar-refractivity contribution in [3.05, 3.63) is 52.7 Å². The summed E-state index contributed by atoms with van der Waals surface area (Å²) in [5.74, 6) is 0.367. The molecule has 0 aliphatic carbocycles. The van der Waals surface area contributed by atoms with Crippen molar-refractivity contribution >= 4 is 27.3 Å². The number of nitrogens with one attached hydrogen (secondary N) is 1. The molecule has 142 valence electrons. The van der Waals surface area contributed by atoms with Gasteiger partial charge in [-0.3, -0.25) is 4.99 Å². The lowest BCUT2D eigenvalue weighted by Gasteiger charge is -2.22. The third-order valence-electron chi connectivity index (χ3n) is 3.67. The highest BCUT2D eigenvalue weighted by atomic mass is 32.2. The van der Waals surface area contributed by atoms with Crippen LogP contribution in [0.5, 0.6) is 0 Å². The second-order valence-electron chi connectivity index (χ2n) is 5.89. The third-order valence-corrected chi connectivity index (χ3v) is 7.04. The van der Waals surface area contributed by atoms with E-state index >= 15 is 0 Å². The SMILES string of the molecule is CN=C(NCc1ccc(S(=O)(=O)N(C)C)s1)N(C)Cc1cccc(F)c1. The van der Waals surface area contributed by atoms with Crippen LogP contribution in [0.1, 0.15) is 10.4 Å². The Labute approximate surface area is 158 Å². The zero-order valence-corrected chi connectivity index (χ0v) is 16.9. The molecular formula is C17H23FN4O2S2. The Balaban J connectivity index is 2.00. The Kier molecular flexibility index (Phi) is 6.74. The highest BCUT2D eigenvalue weighted by molar-refractivity contribution is 7.91. The number of hydrogen-bond acceptors (Lipinski definition) is 4. The number of rotatable bonds is 6. The maximum Gasteiger partial charge on any atom is 0.252 e. The van der Waals surface area contributed by atoms with Crippen molar-refractivity contribution in [3.8, 4) is 0 Å². The molecule has 0 saturated carbocycles. The number of sulfonamides is 1. The summed E-state index contributed by atoms with van der Waals surface area (Å²) < 4.78 is 39.1. The number of thiophene rings is 1. The molecule has 0 spiro atoms. The normalized spacial score (nSPS) is 12.5. The second kappa shape index (κ2) is 8.61. The Hall–Kier alpha value is -1.97. The first-order chi connectivity index (χ1) is 12.2. The van der Waals surface area contributed by atoms with E-state index < -0.39 is 10.0 Å². The van der Waals surface area contributed by atoms with Gasteiger partial charge < -0.3 is 10.2 Å². The quantitative estimate of drug-likeness (QED) is 0.599. The Morgan fingerprint density at radius 1 is 1.23 bits per heavy atom. The first-order valence-corrected chi connectivity index (χ1v) is 10.2. The number of benzene rings is 1.